The molecule has 3 aliphatic rings. The molecule has 2 bridgehead atoms. The van der Waals surface area contributed by atoms with Gasteiger partial charge in [-0.1, -0.05) is 0 Å². The molecular formula is C10H11ClO2. The number of Topliss-reactive ketones (excluding diaryl/α,β-unsaturated/α-hetero) is 1. The molecule has 70 valence electrons. The van der Waals surface area contributed by atoms with E-state index in [-0.39, 0.29) is 22.9 Å². The highest BCUT2D eigenvalue weighted by Crippen LogP contribution is 2.53. The van der Waals surface area contributed by atoms with E-state index in [1.165, 1.54) is 0 Å². The molecule has 1 aliphatic carbocycles. The van der Waals surface area contributed by atoms with Crippen LogP contribution in [0.15, 0.2) is 11.1 Å². The van der Waals surface area contributed by atoms with Gasteiger partial charge in [0, 0.05) is 12.0 Å². The van der Waals surface area contributed by atoms with Crippen LogP contribution in [-0.2, 0) is 9.53 Å². The fraction of sp³-hybridized carbons (Fsp3) is 0.700. The predicted octanol–water partition coefficient (Wildman–Crippen LogP) is 1.81. The monoisotopic (exact) mass is 198 g/mol. The molecule has 0 N–H and O–H groups in total. The average Bonchev–Trinajstić information content (AvgIpc) is 2.62. The molecule has 0 amide bonds. The van der Waals surface area contributed by atoms with Gasteiger partial charge in [0.05, 0.1) is 17.1 Å². The molecule has 0 spiro atoms. The third kappa shape index (κ3) is 0.810. The van der Waals surface area contributed by atoms with E-state index < -0.39 is 0 Å². The van der Waals surface area contributed by atoms with Gasteiger partial charge in [-0.05, 0) is 25.3 Å². The lowest BCUT2D eigenvalue weighted by molar-refractivity contribution is -0.116. The van der Waals surface area contributed by atoms with Crippen LogP contribution in [-0.4, -0.2) is 22.9 Å². The van der Waals surface area contributed by atoms with E-state index in [9.17, 15) is 4.79 Å². The highest BCUT2D eigenvalue weighted by molar-refractivity contribution is 6.27. The average molecular weight is 199 g/mol. The van der Waals surface area contributed by atoms with E-state index in [0.717, 1.165) is 24.0 Å². The second kappa shape index (κ2) is 2.18. The largest absolute Gasteiger partial charge is 0.363 e. The summed E-state index contributed by atoms with van der Waals surface area (Å²) < 4.78 is 5.79. The lowest BCUT2D eigenvalue weighted by atomic mass is 9.84. The van der Waals surface area contributed by atoms with Crippen molar-refractivity contribution in [2.24, 2.45) is 0 Å². The van der Waals surface area contributed by atoms with Crippen molar-refractivity contribution in [2.75, 3.05) is 0 Å². The molecule has 3 heteroatoms. The van der Waals surface area contributed by atoms with Crippen molar-refractivity contribution in [3.05, 3.63) is 11.1 Å². The van der Waals surface area contributed by atoms with Gasteiger partial charge in [-0.2, -0.15) is 0 Å². The SMILES string of the molecule is C[C@]12CC[C@H](O1)C1=C2C(=O)CC1Cl. The molecule has 2 nitrogen and oxygen atoms in total. The van der Waals surface area contributed by atoms with E-state index in [1.54, 1.807) is 0 Å². The lowest BCUT2D eigenvalue weighted by Gasteiger charge is -2.20. The lowest BCUT2D eigenvalue weighted by Crippen LogP contribution is -2.26. The number of rotatable bonds is 0. The molecule has 0 saturated carbocycles. The fourth-order valence-electron chi connectivity index (χ4n) is 2.90. The first-order chi connectivity index (χ1) is 6.12. The van der Waals surface area contributed by atoms with Gasteiger partial charge in [0.15, 0.2) is 5.78 Å². The highest BCUT2D eigenvalue weighted by Gasteiger charge is 2.55. The smallest absolute Gasteiger partial charge is 0.163 e. The summed E-state index contributed by atoms with van der Waals surface area (Å²) in [6.07, 6.45) is 2.65. The second-order valence-electron chi connectivity index (χ2n) is 4.30. The minimum atomic E-state index is -0.291. The van der Waals surface area contributed by atoms with Crippen LogP contribution in [0.3, 0.4) is 0 Å². The van der Waals surface area contributed by atoms with E-state index in [2.05, 4.69) is 0 Å². The van der Waals surface area contributed by atoms with Crippen LogP contribution in [0.4, 0.5) is 0 Å². The van der Waals surface area contributed by atoms with Crippen molar-refractivity contribution >= 4 is 17.4 Å². The molecule has 2 aliphatic heterocycles. The number of ketones is 1. The van der Waals surface area contributed by atoms with Crippen molar-refractivity contribution in [2.45, 2.75) is 43.3 Å². The van der Waals surface area contributed by atoms with Gasteiger partial charge in [0.2, 0.25) is 0 Å². The van der Waals surface area contributed by atoms with Crippen molar-refractivity contribution in [3.8, 4) is 0 Å². The number of ether oxygens (including phenoxy) is 1. The standard InChI is InChI=1S/C10H11ClO2/c1-10-3-2-7(13-10)8-5(11)4-6(12)9(8)10/h5,7H,2-4H2,1H3/t5?,7-,10+/m0/s1. The van der Waals surface area contributed by atoms with Crippen molar-refractivity contribution in [1.29, 1.82) is 0 Å². The Morgan fingerprint density at radius 3 is 3.08 bits per heavy atom. The third-order valence-electron chi connectivity index (χ3n) is 3.43. The van der Waals surface area contributed by atoms with Gasteiger partial charge in [-0.15, -0.1) is 11.6 Å². The van der Waals surface area contributed by atoms with Gasteiger partial charge >= 0.3 is 0 Å². The first kappa shape index (κ1) is 8.01. The van der Waals surface area contributed by atoms with E-state index in [4.69, 9.17) is 16.3 Å². The van der Waals surface area contributed by atoms with Gasteiger partial charge in [-0.25, -0.2) is 0 Å². The first-order valence-corrected chi connectivity index (χ1v) is 5.15. The zero-order valence-electron chi connectivity index (χ0n) is 7.47. The number of halogens is 1. The molecule has 3 atom stereocenters. The molecule has 0 aromatic heterocycles. The van der Waals surface area contributed by atoms with Crippen LogP contribution < -0.4 is 0 Å². The fourth-order valence-corrected chi connectivity index (χ4v) is 3.29. The minimum absolute atomic E-state index is 0.0883. The Labute approximate surface area is 81.9 Å². The number of alkyl halides is 1. The normalized spacial score (nSPS) is 47.7. The van der Waals surface area contributed by atoms with Crippen LogP contribution in [0.25, 0.3) is 0 Å². The van der Waals surface area contributed by atoms with Crippen LogP contribution in [0, 0.1) is 0 Å². The summed E-state index contributed by atoms with van der Waals surface area (Å²) in [5.41, 5.74) is 1.71. The molecule has 2 heterocycles. The van der Waals surface area contributed by atoms with Gasteiger partial charge in [0.25, 0.3) is 0 Å². The van der Waals surface area contributed by atoms with E-state index >= 15 is 0 Å². The summed E-state index contributed by atoms with van der Waals surface area (Å²) in [4.78, 5) is 11.6. The summed E-state index contributed by atoms with van der Waals surface area (Å²) in [5.74, 6) is 0.208. The van der Waals surface area contributed by atoms with Gasteiger partial charge in [-0.3, -0.25) is 4.79 Å². The van der Waals surface area contributed by atoms with Gasteiger partial charge in [0.1, 0.15) is 0 Å². The van der Waals surface area contributed by atoms with Gasteiger partial charge < -0.3 is 4.74 Å². The summed E-state index contributed by atoms with van der Waals surface area (Å²) >= 11 is 6.11. The molecule has 3 rings (SSSR count). The van der Waals surface area contributed by atoms with Crippen molar-refractivity contribution < 1.29 is 9.53 Å². The minimum Gasteiger partial charge on any atom is -0.363 e. The third-order valence-corrected chi connectivity index (χ3v) is 3.82. The van der Waals surface area contributed by atoms with Crippen molar-refractivity contribution in [3.63, 3.8) is 0 Å². The second-order valence-corrected chi connectivity index (χ2v) is 4.83. The predicted molar refractivity (Wildman–Crippen MR) is 48.8 cm³/mol. The summed E-state index contributed by atoms with van der Waals surface area (Å²) in [6.45, 7) is 2.02. The topological polar surface area (TPSA) is 26.3 Å². The Balaban J connectivity index is 2.17. The van der Waals surface area contributed by atoms with Crippen LogP contribution in [0.5, 0.6) is 0 Å². The van der Waals surface area contributed by atoms with Crippen LogP contribution in [0.1, 0.15) is 26.2 Å². The molecule has 1 unspecified atom stereocenters. The first-order valence-electron chi connectivity index (χ1n) is 4.71. The Kier molecular flexibility index (Phi) is 1.34. The molecular weight excluding hydrogens is 188 g/mol. The number of carbonyl (C=O) groups is 1. The van der Waals surface area contributed by atoms with Crippen LogP contribution in [0.2, 0.25) is 0 Å². The molecule has 0 aromatic carbocycles. The zero-order chi connectivity index (χ0) is 9.22. The molecule has 13 heavy (non-hydrogen) atoms. The van der Waals surface area contributed by atoms with Crippen molar-refractivity contribution in [1.82, 2.24) is 0 Å². The maximum atomic E-state index is 11.6. The maximum absolute atomic E-state index is 11.6. The summed E-state index contributed by atoms with van der Waals surface area (Å²) in [5, 5.41) is -0.0883. The molecule has 1 saturated heterocycles. The molecule has 0 radical (unpaired) electrons. The maximum Gasteiger partial charge on any atom is 0.163 e. The molecule has 1 fully saturated rings. The highest BCUT2D eigenvalue weighted by atomic mass is 35.5. The Morgan fingerprint density at radius 2 is 2.38 bits per heavy atom. The Bertz CT molecular complexity index is 334. The molecule has 0 aromatic rings. The summed E-state index contributed by atoms with van der Waals surface area (Å²) in [7, 11) is 0. The number of carbonyl (C=O) groups excluding carboxylic acids is 1. The number of fused-ring (bicyclic) bond motifs is 4. The van der Waals surface area contributed by atoms with E-state index in [0.29, 0.717) is 6.42 Å². The van der Waals surface area contributed by atoms with Crippen LogP contribution >= 0.6 is 11.6 Å². The number of hydrogen-bond acceptors (Lipinski definition) is 2. The summed E-state index contributed by atoms with van der Waals surface area (Å²) in [6, 6.07) is 0. The van der Waals surface area contributed by atoms with E-state index in [1.807, 2.05) is 6.92 Å². The quantitative estimate of drug-likeness (QED) is 0.555. The Morgan fingerprint density at radius 1 is 1.62 bits per heavy atom. The number of hydrogen-bond donors (Lipinski definition) is 0. The Hall–Kier alpha value is -0.340. The zero-order valence-corrected chi connectivity index (χ0v) is 8.23.